The third-order valence-electron chi connectivity index (χ3n) is 3.63. The van der Waals surface area contributed by atoms with E-state index in [1.54, 1.807) is 22.4 Å². The van der Waals surface area contributed by atoms with Gasteiger partial charge in [0.15, 0.2) is 0 Å². The number of rotatable bonds is 6. The lowest BCUT2D eigenvalue weighted by molar-refractivity contribution is 0.0702. The molecule has 6 heteroatoms. The number of nitrogens with zero attached hydrogens (tertiary/aromatic N) is 2. The number of aliphatic hydroxyl groups excluding tert-OH is 1. The van der Waals surface area contributed by atoms with E-state index in [-0.39, 0.29) is 24.4 Å². The van der Waals surface area contributed by atoms with Gasteiger partial charge in [0.05, 0.1) is 11.6 Å². The molecule has 1 aliphatic rings. The molecule has 0 spiro atoms. The number of aromatic nitrogens is 1. The normalized spacial score (nSPS) is 14.1. The van der Waals surface area contributed by atoms with E-state index in [0.717, 1.165) is 23.4 Å². The molecule has 0 unspecified atom stereocenters. The summed E-state index contributed by atoms with van der Waals surface area (Å²) in [6.45, 7) is 0.323. The van der Waals surface area contributed by atoms with Crippen molar-refractivity contribution in [2.24, 2.45) is 0 Å². The van der Waals surface area contributed by atoms with Crippen LogP contribution < -0.4 is 0 Å². The molecule has 3 rings (SSSR count). The minimum atomic E-state index is -0.261. The number of halogens is 1. The molecule has 1 aromatic carbocycles. The summed E-state index contributed by atoms with van der Waals surface area (Å²) in [5.41, 5.74) is 1.40. The summed E-state index contributed by atoms with van der Waals surface area (Å²) in [6.07, 6.45) is 2.58. The number of carbonyl (C=O) groups excluding carboxylic acids is 1. The van der Waals surface area contributed by atoms with Crippen molar-refractivity contribution in [3.8, 4) is 0 Å². The number of thiazole rings is 1. The SMILES string of the molecule is O=C(c1csc(Cc2ccc(F)cc2)n1)N(CCO)C1CC1. The maximum Gasteiger partial charge on any atom is 0.273 e. The van der Waals surface area contributed by atoms with Crippen LogP contribution in [0.3, 0.4) is 0 Å². The zero-order valence-corrected chi connectivity index (χ0v) is 12.9. The molecule has 1 N–H and O–H groups in total. The first-order valence-corrected chi connectivity index (χ1v) is 8.16. The second-order valence-corrected chi connectivity index (χ2v) is 6.33. The van der Waals surface area contributed by atoms with Crippen LogP contribution in [0.15, 0.2) is 29.6 Å². The van der Waals surface area contributed by atoms with E-state index < -0.39 is 0 Å². The van der Waals surface area contributed by atoms with Crippen LogP contribution in [0.2, 0.25) is 0 Å². The molecule has 0 saturated heterocycles. The maximum atomic E-state index is 12.9. The van der Waals surface area contributed by atoms with Gasteiger partial charge in [-0.05, 0) is 30.5 Å². The smallest absolute Gasteiger partial charge is 0.273 e. The highest BCUT2D eigenvalue weighted by atomic mass is 32.1. The fourth-order valence-corrected chi connectivity index (χ4v) is 3.16. The van der Waals surface area contributed by atoms with Gasteiger partial charge in [0, 0.05) is 24.4 Å². The maximum absolute atomic E-state index is 12.9. The van der Waals surface area contributed by atoms with Crippen LogP contribution in [0.5, 0.6) is 0 Å². The van der Waals surface area contributed by atoms with Crippen LogP contribution in [0, 0.1) is 5.82 Å². The standard InChI is InChI=1S/C16H17FN2O2S/c17-12-3-1-11(2-4-12)9-15-18-14(10-22-15)16(21)19(7-8-20)13-5-6-13/h1-4,10,13,20H,5-9H2. The highest BCUT2D eigenvalue weighted by Gasteiger charge is 2.33. The Morgan fingerprint density at radius 2 is 2.09 bits per heavy atom. The number of hydrogen-bond donors (Lipinski definition) is 1. The van der Waals surface area contributed by atoms with Gasteiger partial charge in [-0.1, -0.05) is 12.1 Å². The van der Waals surface area contributed by atoms with Crippen LogP contribution >= 0.6 is 11.3 Å². The Morgan fingerprint density at radius 1 is 1.36 bits per heavy atom. The van der Waals surface area contributed by atoms with Crippen molar-refractivity contribution in [3.63, 3.8) is 0 Å². The van der Waals surface area contributed by atoms with E-state index in [4.69, 9.17) is 5.11 Å². The third-order valence-corrected chi connectivity index (χ3v) is 4.48. The summed E-state index contributed by atoms with van der Waals surface area (Å²) in [7, 11) is 0. The van der Waals surface area contributed by atoms with E-state index >= 15 is 0 Å². The summed E-state index contributed by atoms with van der Waals surface area (Å²) < 4.78 is 12.9. The van der Waals surface area contributed by atoms with Gasteiger partial charge in [-0.15, -0.1) is 11.3 Å². The molecule has 1 amide bonds. The zero-order chi connectivity index (χ0) is 15.5. The van der Waals surface area contributed by atoms with Crippen molar-refractivity contribution < 1.29 is 14.3 Å². The molecule has 0 aliphatic heterocycles. The van der Waals surface area contributed by atoms with Gasteiger partial charge in [0.25, 0.3) is 5.91 Å². The fraction of sp³-hybridized carbons (Fsp3) is 0.375. The Hall–Kier alpha value is -1.79. The minimum Gasteiger partial charge on any atom is -0.395 e. The molecule has 22 heavy (non-hydrogen) atoms. The molecule has 2 aromatic rings. The average molecular weight is 320 g/mol. The summed E-state index contributed by atoms with van der Waals surface area (Å²) in [5, 5.41) is 11.7. The Labute approximate surface area is 132 Å². The molecule has 4 nitrogen and oxygen atoms in total. The zero-order valence-electron chi connectivity index (χ0n) is 12.0. The molecule has 1 heterocycles. The van der Waals surface area contributed by atoms with E-state index in [1.807, 2.05) is 0 Å². The predicted molar refractivity (Wildman–Crippen MR) is 82.5 cm³/mol. The first-order valence-electron chi connectivity index (χ1n) is 7.28. The lowest BCUT2D eigenvalue weighted by Crippen LogP contribution is -2.35. The van der Waals surface area contributed by atoms with Gasteiger partial charge in [0.2, 0.25) is 0 Å². The number of benzene rings is 1. The molecule has 116 valence electrons. The van der Waals surface area contributed by atoms with Gasteiger partial charge in [0.1, 0.15) is 11.5 Å². The molecule has 0 atom stereocenters. The van der Waals surface area contributed by atoms with Gasteiger partial charge < -0.3 is 10.0 Å². The van der Waals surface area contributed by atoms with E-state index in [9.17, 15) is 9.18 Å². The molecular formula is C16H17FN2O2S. The molecule has 1 aromatic heterocycles. The molecule has 1 fully saturated rings. The number of amides is 1. The lowest BCUT2D eigenvalue weighted by Gasteiger charge is -2.19. The van der Waals surface area contributed by atoms with Gasteiger partial charge in [-0.3, -0.25) is 4.79 Å². The summed E-state index contributed by atoms with van der Waals surface area (Å²) in [6, 6.07) is 6.54. The molecule has 0 bridgehead atoms. The summed E-state index contributed by atoms with van der Waals surface area (Å²) in [5.74, 6) is -0.374. The second-order valence-electron chi connectivity index (χ2n) is 5.38. The minimum absolute atomic E-state index is 0.0329. The van der Waals surface area contributed by atoms with Crippen LogP contribution in [0.1, 0.15) is 33.9 Å². The highest BCUT2D eigenvalue weighted by Crippen LogP contribution is 2.28. The highest BCUT2D eigenvalue weighted by molar-refractivity contribution is 7.09. The summed E-state index contributed by atoms with van der Waals surface area (Å²) >= 11 is 1.43. The van der Waals surface area contributed by atoms with Crippen LogP contribution in [0.4, 0.5) is 4.39 Å². The molecular weight excluding hydrogens is 303 g/mol. The topological polar surface area (TPSA) is 53.4 Å². The number of aliphatic hydroxyl groups is 1. The lowest BCUT2D eigenvalue weighted by atomic mass is 10.1. The van der Waals surface area contributed by atoms with Crippen LogP contribution in [-0.2, 0) is 6.42 Å². The first-order chi connectivity index (χ1) is 10.7. The fourth-order valence-electron chi connectivity index (χ4n) is 2.36. The third kappa shape index (κ3) is 3.51. The van der Waals surface area contributed by atoms with Crippen molar-refractivity contribution in [3.05, 3.63) is 51.7 Å². The summed E-state index contributed by atoms with van der Waals surface area (Å²) in [4.78, 5) is 18.5. The molecule has 1 saturated carbocycles. The van der Waals surface area contributed by atoms with Crippen molar-refractivity contribution in [1.82, 2.24) is 9.88 Å². The Bertz CT molecular complexity index is 652. The van der Waals surface area contributed by atoms with E-state index in [0.29, 0.717) is 18.7 Å². The van der Waals surface area contributed by atoms with Crippen LogP contribution in [-0.4, -0.2) is 40.1 Å². The predicted octanol–water partition coefficient (Wildman–Crippen LogP) is 2.47. The molecule has 1 aliphatic carbocycles. The Balaban J connectivity index is 1.69. The largest absolute Gasteiger partial charge is 0.395 e. The van der Waals surface area contributed by atoms with E-state index in [1.165, 1.54) is 23.5 Å². The van der Waals surface area contributed by atoms with E-state index in [2.05, 4.69) is 4.98 Å². The molecule has 0 radical (unpaired) electrons. The van der Waals surface area contributed by atoms with Crippen molar-refractivity contribution in [2.45, 2.75) is 25.3 Å². The first kappa shape index (κ1) is 15.1. The Morgan fingerprint density at radius 3 is 2.73 bits per heavy atom. The number of hydrogen-bond acceptors (Lipinski definition) is 4. The van der Waals surface area contributed by atoms with Crippen LogP contribution in [0.25, 0.3) is 0 Å². The quantitative estimate of drug-likeness (QED) is 0.889. The van der Waals surface area contributed by atoms with Crippen molar-refractivity contribution in [1.29, 1.82) is 0 Å². The van der Waals surface area contributed by atoms with Crippen molar-refractivity contribution >= 4 is 17.2 Å². The monoisotopic (exact) mass is 320 g/mol. The Kier molecular flexibility index (Phi) is 4.49. The number of carbonyl (C=O) groups is 1. The van der Waals surface area contributed by atoms with Gasteiger partial charge in [-0.25, -0.2) is 9.37 Å². The van der Waals surface area contributed by atoms with Gasteiger partial charge >= 0.3 is 0 Å². The van der Waals surface area contributed by atoms with Crippen molar-refractivity contribution in [2.75, 3.05) is 13.2 Å². The average Bonchev–Trinajstić information content (AvgIpc) is 3.25. The second kappa shape index (κ2) is 6.54. The van der Waals surface area contributed by atoms with Gasteiger partial charge in [-0.2, -0.15) is 0 Å².